The van der Waals surface area contributed by atoms with Gasteiger partial charge in [-0.15, -0.1) is 0 Å². The molecule has 1 aliphatic rings. The van der Waals surface area contributed by atoms with Crippen LogP contribution in [0.1, 0.15) is 41.1 Å². The lowest BCUT2D eigenvalue weighted by atomic mass is 9.91. The number of nitrogens with one attached hydrogen (secondary N) is 2. The predicted octanol–water partition coefficient (Wildman–Crippen LogP) is 3.97. The number of aliphatic hydroxyl groups is 1. The Kier molecular flexibility index (Phi) is 9.09. The molecule has 2 aromatic carbocycles. The number of carbonyl (C=O) groups is 1. The summed E-state index contributed by atoms with van der Waals surface area (Å²) in [4.78, 5) is 25.9. The number of alkyl halides is 3. The molecule has 5 aromatic rings. The molecule has 1 aliphatic carbocycles. The number of halogens is 3. The highest BCUT2D eigenvalue weighted by Crippen LogP contribution is 2.42. The van der Waals surface area contributed by atoms with Crippen molar-refractivity contribution in [2.24, 2.45) is 5.73 Å². The lowest BCUT2D eigenvalue weighted by Crippen LogP contribution is -2.39. The number of ether oxygens (including phenoxy) is 1. The second-order valence-electron chi connectivity index (χ2n) is 11.4. The summed E-state index contributed by atoms with van der Waals surface area (Å²) < 4.78 is 48.0. The summed E-state index contributed by atoms with van der Waals surface area (Å²) in [7, 11) is 0. The molecule has 15 heteroatoms. The first-order valence-corrected chi connectivity index (χ1v) is 15.1. The van der Waals surface area contributed by atoms with Crippen LogP contribution in [-0.4, -0.2) is 78.4 Å². The maximum absolute atomic E-state index is 13.4. The Bertz CT molecular complexity index is 1770. The summed E-state index contributed by atoms with van der Waals surface area (Å²) in [6, 6.07) is 18.2. The molecule has 0 radical (unpaired) electrons. The zero-order valence-electron chi connectivity index (χ0n) is 25.4. The van der Waals surface area contributed by atoms with Crippen LogP contribution in [0.2, 0.25) is 0 Å². The standard InChI is InChI=1S/C32H34F3N9O3/c1-19-15-40-44(17-19)23-14-24(27(26(23)45)47-30(46)32(33,34)35)43-18-39-25-28(41-31(37-13-12-36)42-29(25)43)38-16-22(20-8-4-2-5-9-20)21-10-6-3-7-11-21/h2-11,15,17-18,22-24,26-27,45H,12-14,16,36H2,1H3,(H2,37,38,41,42)/t23-,24+,26+,27-/m0/s1. The topological polar surface area (TPSA) is 158 Å². The van der Waals surface area contributed by atoms with Crippen molar-refractivity contribution in [3.05, 3.63) is 96.1 Å². The van der Waals surface area contributed by atoms with Crippen LogP contribution in [0, 0.1) is 6.92 Å². The van der Waals surface area contributed by atoms with Crippen LogP contribution in [-0.2, 0) is 9.53 Å². The van der Waals surface area contributed by atoms with E-state index in [-0.39, 0.29) is 23.9 Å². The third-order valence-corrected chi connectivity index (χ3v) is 8.22. The van der Waals surface area contributed by atoms with Gasteiger partial charge < -0.3 is 30.8 Å². The normalized spacial score (nSPS) is 19.7. The molecular formula is C32H34F3N9O3. The number of aromatic nitrogens is 6. The van der Waals surface area contributed by atoms with Crippen molar-refractivity contribution in [2.45, 2.75) is 49.7 Å². The number of benzene rings is 2. The van der Waals surface area contributed by atoms with E-state index in [0.717, 1.165) is 16.7 Å². The first-order valence-electron chi connectivity index (χ1n) is 15.1. The first kappa shape index (κ1) is 31.9. The van der Waals surface area contributed by atoms with Gasteiger partial charge in [0.2, 0.25) is 5.95 Å². The largest absolute Gasteiger partial charge is 0.490 e. The van der Waals surface area contributed by atoms with Crippen LogP contribution >= 0.6 is 0 Å². The van der Waals surface area contributed by atoms with Crippen molar-refractivity contribution >= 4 is 28.9 Å². The fraction of sp³-hybridized carbons (Fsp3) is 0.344. The summed E-state index contributed by atoms with van der Waals surface area (Å²) in [5.74, 6) is -1.86. The smallest absolute Gasteiger partial charge is 0.451 e. The van der Waals surface area contributed by atoms with E-state index in [1.165, 1.54) is 15.6 Å². The number of hydrogen-bond acceptors (Lipinski definition) is 10. The number of fused-ring (bicyclic) bond motifs is 1. The van der Waals surface area contributed by atoms with Gasteiger partial charge in [-0.05, 0) is 30.0 Å². The Balaban J connectivity index is 1.39. The van der Waals surface area contributed by atoms with Gasteiger partial charge in [0.25, 0.3) is 0 Å². The molecule has 0 amide bonds. The molecule has 0 bridgehead atoms. The summed E-state index contributed by atoms with van der Waals surface area (Å²) >= 11 is 0. The lowest BCUT2D eigenvalue weighted by Gasteiger charge is -2.24. The minimum absolute atomic E-state index is 0.0561. The Labute approximate surface area is 267 Å². The van der Waals surface area contributed by atoms with Crippen molar-refractivity contribution in [2.75, 3.05) is 30.3 Å². The van der Waals surface area contributed by atoms with Crippen LogP contribution in [0.3, 0.4) is 0 Å². The number of aryl methyl sites for hydroxylation is 1. The number of nitrogens with zero attached hydrogens (tertiary/aromatic N) is 6. The number of aliphatic hydroxyl groups excluding tert-OH is 1. The molecule has 6 rings (SSSR count). The number of rotatable bonds is 11. The monoisotopic (exact) mass is 649 g/mol. The Morgan fingerprint density at radius 3 is 2.34 bits per heavy atom. The van der Waals surface area contributed by atoms with Gasteiger partial charge in [-0.2, -0.15) is 28.2 Å². The van der Waals surface area contributed by atoms with E-state index in [1.54, 1.807) is 19.3 Å². The third kappa shape index (κ3) is 6.76. The molecule has 0 saturated heterocycles. The number of carbonyl (C=O) groups excluding carboxylic acids is 1. The molecule has 1 fully saturated rings. The first-order chi connectivity index (χ1) is 22.6. The van der Waals surface area contributed by atoms with Crippen molar-refractivity contribution in [1.29, 1.82) is 0 Å². The average molecular weight is 650 g/mol. The number of anilines is 2. The van der Waals surface area contributed by atoms with Crippen LogP contribution < -0.4 is 16.4 Å². The van der Waals surface area contributed by atoms with Crippen molar-refractivity contribution < 1.29 is 27.8 Å². The Hall–Kier alpha value is -5.02. The minimum atomic E-state index is -5.26. The van der Waals surface area contributed by atoms with Gasteiger partial charge >= 0.3 is 12.1 Å². The van der Waals surface area contributed by atoms with Gasteiger partial charge in [-0.3, -0.25) is 4.68 Å². The van der Waals surface area contributed by atoms with Crippen LogP contribution in [0.5, 0.6) is 0 Å². The third-order valence-electron chi connectivity index (χ3n) is 8.22. The molecule has 0 spiro atoms. The number of nitrogens with two attached hydrogens (primary N) is 1. The van der Waals surface area contributed by atoms with E-state index in [2.05, 4.69) is 30.7 Å². The van der Waals surface area contributed by atoms with Crippen molar-refractivity contribution in [3.63, 3.8) is 0 Å². The van der Waals surface area contributed by atoms with Gasteiger partial charge in [0.1, 0.15) is 6.10 Å². The number of hydrogen-bond donors (Lipinski definition) is 4. The molecule has 4 atom stereocenters. The average Bonchev–Trinajstić information content (AvgIpc) is 3.77. The van der Waals surface area contributed by atoms with Crippen molar-refractivity contribution in [1.82, 2.24) is 29.3 Å². The molecular weight excluding hydrogens is 615 g/mol. The Morgan fingerprint density at radius 1 is 1.06 bits per heavy atom. The van der Waals surface area contributed by atoms with Crippen LogP contribution in [0.25, 0.3) is 11.2 Å². The van der Waals surface area contributed by atoms with Crippen LogP contribution in [0.4, 0.5) is 24.9 Å². The molecule has 5 N–H and O–H groups in total. The maximum Gasteiger partial charge on any atom is 0.490 e. The highest BCUT2D eigenvalue weighted by atomic mass is 19.4. The molecule has 246 valence electrons. The zero-order valence-corrected chi connectivity index (χ0v) is 25.4. The summed E-state index contributed by atoms with van der Waals surface area (Å²) in [6.07, 6.45) is -3.62. The van der Waals surface area contributed by atoms with Gasteiger partial charge in [0.05, 0.1) is 24.6 Å². The number of imidazole rings is 1. The van der Waals surface area contributed by atoms with E-state index < -0.39 is 36.4 Å². The maximum atomic E-state index is 13.4. The fourth-order valence-corrected chi connectivity index (χ4v) is 6.00. The predicted molar refractivity (Wildman–Crippen MR) is 168 cm³/mol. The zero-order chi connectivity index (χ0) is 33.1. The van der Waals surface area contributed by atoms with Gasteiger partial charge in [0, 0.05) is 31.7 Å². The van der Waals surface area contributed by atoms with E-state index in [4.69, 9.17) is 10.5 Å². The molecule has 12 nitrogen and oxygen atoms in total. The van der Waals surface area contributed by atoms with E-state index in [1.807, 2.05) is 60.7 Å². The summed E-state index contributed by atoms with van der Waals surface area (Å²) in [5.41, 5.74) is 9.29. The van der Waals surface area contributed by atoms with E-state index >= 15 is 0 Å². The molecule has 47 heavy (non-hydrogen) atoms. The highest BCUT2D eigenvalue weighted by molar-refractivity contribution is 5.84. The van der Waals surface area contributed by atoms with Crippen molar-refractivity contribution in [3.8, 4) is 0 Å². The molecule has 1 saturated carbocycles. The molecule has 0 unspecified atom stereocenters. The molecule has 3 aromatic heterocycles. The highest BCUT2D eigenvalue weighted by Gasteiger charge is 2.51. The Morgan fingerprint density at radius 2 is 1.74 bits per heavy atom. The van der Waals surface area contributed by atoms with Gasteiger partial charge in [0.15, 0.2) is 23.1 Å². The summed E-state index contributed by atoms with van der Waals surface area (Å²) in [5, 5.41) is 22.0. The minimum Gasteiger partial charge on any atom is -0.451 e. The quantitative estimate of drug-likeness (QED) is 0.154. The van der Waals surface area contributed by atoms with E-state index in [9.17, 15) is 23.1 Å². The number of esters is 1. The second-order valence-corrected chi connectivity index (χ2v) is 11.4. The van der Waals surface area contributed by atoms with Gasteiger partial charge in [-0.1, -0.05) is 60.7 Å². The van der Waals surface area contributed by atoms with Gasteiger partial charge in [-0.25, -0.2) is 9.78 Å². The molecule has 3 heterocycles. The SMILES string of the molecule is Cc1cnn([C@H]2C[C@@H](n3cnc4c(NCC(c5ccccc5)c5ccccc5)nc(NCCN)nc43)[C@H](OC(=O)C(F)(F)F)[C@@H]2O)c1. The summed E-state index contributed by atoms with van der Waals surface area (Å²) in [6.45, 7) is 2.87. The van der Waals surface area contributed by atoms with Crippen LogP contribution in [0.15, 0.2) is 79.4 Å². The van der Waals surface area contributed by atoms with E-state index in [0.29, 0.717) is 31.0 Å². The molecule has 0 aliphatic heterocycles. The second kappa shape index (κ2) is 13.4. The fourth-order valence-electron chi connectivity index (χ4n) is 6.00. The lowest BCUT2D eigenvalue weighted by molar-refractivity contribution is -0.210.